The Hall–Kier alpha value is -4.31. The molecule has 1 atom stereocenters. The van der Waals surface area contributed by atoms with Crippen LogP contribution in [-0.2, 0) is 19.2 Å². The minimum atomic E-state index is -0.578. The topological polar surface area (TPSA) is 94.2 Å². The van der Waals surface area contributed by atoms with Gasteiger partial charge in [0.15, 0.2) is 11.0 Å². The van der Waals surface area contributed by atoms with E-state index < -0.39 is 17.5 Å². The van der Waals surface area contributed by atoms with Crippen LogP contribution in [0.2, 0.25) is 0 Å². The Kier molecular flexibility index (Phi) is 7.09. The van der Waals surface area contributed by atoms with E-state index in [1.807, 2.05) is 30.3 Å². The van der Waals surface area contributed by atoms with Crippen molar-refractivity contribution in [3.63, 3.8) is 0 Å². The maximum atomic E-state index is 14.1. The number of nitrogens with zero attached hydrogens (tertiary/aromatic N) is 5. The molecule has 5 rings (SSSR count). The molecule has 0 saturated heterocycles. The van der Waals surface area contributed by atoms with Crippen molar-refractivity contribution in [3.05, 3.63) is 124 Å². The number of benzene rings is 2. The van der Waals surface area contributed by atoms with Crippen molar-refractivity contribution in [1.82, 2.24) is 29.5 Å². The average Bonchev–Trinajstić information content (AvgIpc) is 3.28. The van der Waals surface area contributed by atoms with E-state index in [1.165, 1.54) is 28.4 Å². The normalized spacial score (nSPS) is 11.9. The summed E-state index contributed by atoms with van der Waals surface area (Å²) in [6.45, 7) is 0. The van der Waals surface area contributed by atoms with Crippen molar-refractivity contribution in [2.24, 2.45) is 7.05 Å². The zero-order valence-electron chi connectivity index (χ0n) is 19.9. The van der Waals surface area contributed by atoms with Gasteiger partial charge in [-0.2, -0.15) is 0 Å². The van der Waals surface area contributed by atoms with E-state index in [0.29, 0.717) is 34.4 Å². The predicted octanol–water partition coefficient (Wildman–Crippen LogP) is 3.97. The van der Waals surface area contributed by atoms with Gasteiger partial charge < -0.3 is 9.88 Å². The molecule has 37 heavy (non-hydrogen) atoms. The third-order valence-corrected chi connectivity index (χ3v) is 7.01. The second-order valence-electron chi connectivity index (χ2n) is 8.40. The van der Waals surface area contributed by atoms with Gasteiger partial charge in [0.05, 0.1) is 6.04 Å². The summed E-state index contributed by atoms with van der Waals surface area (Å²) in [6.07, 6.45) is 3.29. The van der Waals surface area contributed by atoms with Gasteiger partial charge in [-0.3, -0.25) is 14.0 Å². The minimum Gasteiger partial charge on any atom is -0.341 e. The lowest BCUT2D eigenvalue weighted by molar-refractivity contribution is 0.0932. The number of rotatable bonds is 8. The van der Waals surface area contributed by atoms with Gasteiger partial charge in [-0.05, 0) is 35.7 Å². The summed E-state index contributed by atoms with van der Waals surface area (Å²) in [4.78, 5) is 30.5. The third-order valence-electron chi connectivity index (χ3n) is 5.94. The lowest BCUT2D eigenvalue weighted by Crippen LogP contribution is -2.36. The fourth-order valence-corrected chi connectivity index (χ4v) is 4.89. The molecule has 1 N–H and O–H groups in total. The Morgan fingerprint density at radius 3 is 2.59 bits per heavy atom. The molecular weight excluding hydrogens is 491 g/mol. The molecule has 10 heteroatoms. The highest BCUT2D eigenvalue weighted by Gasteiger charge is 2.24. The molecule has 8 nitrogen and oxygen atoms in total. The summed E-state index contributed by atoms with van der Waals surface area (Å²) in [6, 6.07) is 20.8. The molecule has 1 unspecified atom stereocenters. The summed E-state index contributed by atoms with van der Waals surface area (Å²) in [7, 11) is 1.80. The number of pyridine rings is 1. The van der Waals surface area contributed by atoms with Crippen LogP contribution in [0.15, 0.2) is 95.1 Å². The summed E-state index contributed by atoms with van der Waals surface area (Å²) < 4.78 is 17.2. The summed E-state index contributed by atoms with van der Waals surface area (Å²) in [5.41, 5.74) is 1.47. The van der Waals surface area contributed by atoms with E-state index in [1.54, 1.807) is 54.2 Å². The van der Waals surface area contributed by atoms with E-state index >= 15 is 0 Å². The standard InChI is InChI=1S/C27H23FN6O2S/c1-33-24(31-32-27(33)37-17-19-11-5-6-12-21(19)28)22(15-18-9-3-2-4-10-18)30-25(35)20-16-29-23-13-7-8-14-34(23)26(20)36/h2-14,16,22H,15,17H2,1H3,(H,30,35). The van der Waals surface area contributed by atoms with Gasteiger partial charge in [-0.25, -0.2) is 9.37 Å². The molecule has 0 saturated carbocycles. The Bertz CT molecular complexity index is 1620. The van der Waals surface area contributed by atoms with Gasteiger partial charge in [-0.1, -0.05) is 66.4 Å². The predicted molar refractivity (Wildman–Crippen MR) is 139 cm³/mol. The van der Waals surface area contributed by atoms with Crippen molar-refractivity contribution in [3.8, 4) is 0 Å². The van der Waals surface area contributed by atoms with Gasteiger partial charge >= 0.3 is 0 Å². The van der Waals surface area contributed by atoms with E-state index in [0.717, 1.165) is 5.56 Å². The summed E-state index contributed by atoms with van der Waals surface area (Å²) in [5.74, 6) is 0.0673. The zero-order chi connectivity index (χ0) is 25.8. The van der Waals surface area contributed by atoms with Crippen molar-refractivity contribution in [2.75, 3.05) is 0 Å². The van der Waals surface area contributed by atoms with Crippen LogP contribution < -0.4 is 10.9 Å². The highest BCUT2D eigenvalue weighted by Crippen LogP contribution is 2.25. The van der Waals surface area contributed by atoms with Crippen LogP contribution in [0.1, 0.15) is 33.4 Å². The number of aromatic nitrogens is 5. The Morgan fingerprint density at radius 1 is 1.03 bits per heavy atom. The Morgan fingerprint density at radius 2 is 1.78 bits per heavy atom. The van der Waals surface area contributed by atoms with Crippen LogP contribution in [0.4, 0.5) is 4.39 Å². The first-order valence-corrected chi connectivity index (χ1v) is 12.6. The largest absolute Gasteiger partial charge is 0.341 e. The van der Waals surface area contributed by atoms with Gasteiger partial charge in [-0.15, -0.1) is 10.2 Å². The molecule has 0 aliphatic carbocycles. The van der Waals surface area contributed by atoms with Crippen molar-refractivity contribution in [1.29, 1.82) is 0 Å². The average molecular weight is 515 g/mol. The first kappa shape index (κ1) is 24.4. The van der Waals surface area contributed by atoms with E-state index in [9.17, 15) is 14.0 Å². The minimum absolute atomic E-state index is 0.0712. The fraction of sp³-hybridized carbons (Fsp3) is 0.148. The fourth-order valence-electron chi connectivity index (χ4n) is 3.99. The molecule has 3 heterocycles. The smallest absolute Gasteiger partial charge is 0.270 e. The van der Waals surface area contributed by atoms with Crippen LogP contribution in [0.25, 0.3) is 5.65 Å². The third kappa shape index (κ3) is 5.29. The number of fused-ring (bicyclic) bond motifs is 1. The van der Waals surface area contributed by atoms with Crippen molar-refractivity contribution >= 4 is 23.3 Å². The first-order valence-electron chi connectivity index (χ1n) is 11.6. The highest BCUT2D eigenvalue weighted by molar-refractivity contribution is 7.98. The SMILES string of the molecule is Cn1c(SCc2ccccc2F)nnc1C(Cc1ccccc1)NC(=O)c1cnc2ccccn2c1=O. The number of carbonyl (C=O) groups excluding carboxylic acids is 1. The number of thioether (sulfide) groups is 1. The molecule has 1 amide bonds. The molecule has 5 aromatic rings. The van der Waals surface area contributed by atoms with Gasteiger partial charge in [0.25, 0.3) is 11.5 Å². The lowest BCUT2D eigenvalue weighted by atomic mass is 10.0. The molecule has 186 valence electrons. The molecule has 3 aromatic heterocycles. The van der Waals surface area contributed by atoms with Crippen LogP contribution in [-0.4, -0.2) is 30.1 Å². The maximum Gasteiger partial charge on any atom is 0.270 e. The summed E-state index contributed by atoms with van der Waals surface area (Å²) in [5, 5.41) is 12.2. The molecule has 0 bridgehead atoms. The molecule has 2 aromatic carbocycles. The molecular formula is C27H23FN6O2S. The molecule has 0 aliphatic rings. The van der Waals surface area contributed by atoms with Gasteiger partial charge in [0.1, 0.15) is 17.0 Å². The molecule has 0 aliphatic heterocycles. The number of nitrogens with one attached hydrogen (secondary N) is 1. The highest BCUT2D eigenvalue weighted by atomic mass is 32.2. The van der Waals surface area contributed by atoms with Crippen LogP contribution in [0, 0.1) is 5.82 Å². The number of hydrogen-bond acceptors (Lipinski definition) is 6. The van der Waals surface area contributed by atoms with Gasteiger partial charge in [0.2, 0.25) is 0 Å². The van der Waals surface area contributed by atoms with Crippen LogP contribution in [0.5, 0.6) is 0 Å². The van der Waals surface area contributed by atoms with Crippen LogP contribution >= 0.6 is 11.8 Å². The second-order valence-corrected chi connectivity index (χ2v) is 9.34. The van der Waals surface area contributed by atoms with E-state index in [-0.39, 0.29) is 11.4 Å². The van der Waals surface area contributed by atoms with Gasteiger partial charge in [0, 0.05) is 25.2 Å². The van der Waals surface area contributed by atoms with E-state index in [4.69, 9.17) is 0 Å². The van der Waals surface area contributed by atoms with Crippen molar-refractivity contribution < 1.29 is 9.18 Å². The maximum absolute atomic E-state index is 14.1. The summed E-state index contributed by atoms with van der Waals surface area (Å²) >= 11 is 1.35. The van der Waals surface area contributed by atoms with Crippen LogP contribution in [0.3, 0.4) is 0 Å². The van der Waals surface area contributed by atoms with Crippen molar-refractivity contribution in [2.45, 2.75) is 23.4 Å². The van der Waals surface area contributed by atoms with E-state index in [2.05, 4.69) is 20.5 Å². The first-order chi connectivity index (χ1) is 18.0. The number of amides is 1. The Labute approximate surface area is 216 Å². The number of halogens is 1. The number of carbonyl (C=O) groups is 1. The molecule has 0 spiro atoms. The Balaban J connectivity index is 1.43. The molecule has 0 radical (unpaired) electrons. The zero-order valence-corrected chi connectivity index (χ0v) is 20.7. The quantitative estimate of drug-likeness (QED) is 0.315. The second kappa shape index (κ2) is 10.8. The molecule has 0 fully saturated rings. The lowest BCUT2D eigenvalue weighted by Gasteiger charge is -2.18. The number of hydrogen-bond donors (Lipinski definition) is 1. The monoisotopic (exact) mass is 514 g/mol.